The molecule has 1 amide bonds. The van der Waals surface area contributed by atoms with Crippen LogP contribution in [0, 0.1) is 0 Å². The third-order valence-electron chi connectivity index (χ3n) is 5.03. The van der Waals surface area contributed by atoms with Crippen molar-refractivity contribution in [3.05, 3.63) is 59.9 Å². The van der Waals surface area contributed by atoms with Crippen LogP contribution in [-0.2, 0) is 16.1 Å². The largest absolute Gasteiger partial charge is 0.489 e. The average Bonchev–Trinajstić information content (AvgIpc) is 2.79. The summed E-state index contributed by atoms with van der Waals surface area (Å²) < 4.78 is 10.7. The maximum atomic E-state index is 12.5. The predicted molar refractivity (Wildman–Crippen MR) is 109 cm³/mol. The van der Waals surface area contributed by atoms with E-state index >= 15 is 0 Å². The molecule has 1 fully saturated rings. The van der Waals surface area contributed by atoms with Crippen LogP contribution in [0.5, 0.6) is 5.75 Å². The molecule has 154 valence electrons. The van der Waals surface area contributed by atoms with Crippen LogP contribution in [0.1, 0.15) is 35.2 Å². The minimum atomic E-state index is -0.452. The quantitative estimate of drug-likeness (QED) is 0.689. The second kappa shape index (κ2) is 10.6. The van der Waals surface area contributed by atoms with Crippen molar-refractivity contribution in [2.75, 3.05) is 26.7 Å². The Balaban J connectivity index is 1.53. The Morgan fingerprint density at radius 1 is 1.07 bits per heavy atom. The molecule has 3 rings (SSSR count). The van der Waals surface area contributed by atoms with Crippen LogP contribution < -0.4 is 10.1 Å². The highest BCUT2D eigenvalue weighted by Gasteiger charge is 2.28. The third-order valence-corrected chi connectivity index (χ3v) is 5.03. The molecule has 2 aromatic rings. The molecular weight excluding hydrogens is 370 g/mol. The summed E-state index contributed by atoms with van der Waals surface area (Å²) in [7, 11) is 1.38. The van der Waals surface area contributed by atoms with Crippen molar-refractivity contribution in [1.29, 1.82) is 0 Å². The Hall–Kier alpha value is -2.93. The van der Waals surface area contributed by atoms with Crippen LogP contribution >= 0.6 is 0 Å². The Morgan fingerprint density at radius 2 is 1.76 bits per heavy atom. The van der Waals surface area contributed by atoms with Gasteiger partial charge in [-0.1, -0.05) is 6.42 Å². The second-order valence-corrected chi connectivity index (χ2v) is 7.01. The first-order valence-electron chi connectivity index (χ1n) is 9.89. The van der Waals surface area contributed by atoms with Gasteiger partial charge in [-0.25, -0.2) is 0 Å². The number of likely N-dealkylation sites (tertiary alicyclic amines) is 1. The number of carbonyl (C=O) groups is 2. The molecule has 7 heteroatoms. The molecule has 1 aromatic carbocycles. The van der Waals surface area contributed by atoms with E-state index in [1.807, 2.05) is 12.1 Å². The monoisotopic (exact) mass is 397 g/mol. The summed E-state index contributed by atoms with van der Waals surface area (Å²) in [6, 6.07) is 10.3. The molecule has 29 heavy (non-hydrogen) atoms. The number of ether oxygens (including phenoxy) is 2. The molecule has 1 atom stereocenters. The van der Waals surface area contributed by atoms with Crippen LogP contribution in [0.15, 0.2) is 48.8 Å². The summed E-state index contributed by atoms with van der Waals surface area (Å²) in [5, 5.41) is 2.86. The lowest BCUT2D eigenvalue weighted by molar-refractivity contribution is -0.147. The number of carbonyl (C=O) groups excluding carboxylic acids is 2. The van der Waals surface area contributed by atoms with E-state index in [0.717, 1.165) is 31.5 Å². The highest BCUT2D eigenvalue weighted by atomic mass is 16.5. The predicted octanol–water partition coefficient (Wildman–Crippen LogP) is 2.42. The summed E-state index contributed by atoms with van der Waals surface area (Å²) >= 11 is 0. The van der Waals surface area contributed by atoms with Gasteiger partial charge in [-0.05, 0) is 67.9 Å². The fraction of sp³-hybridized carbons (Fsp3) is 0.409. The number of amides is 1. The van der Waals surface area contributed by atoms with Crippen molar-refractivity contribution in [3.8, 4) is 5.75 Å². The molecular formula is C22H27N3O4. The standard InChI is InChI=1S/C22H27N3O4/c1-28-22(27)20(25-13-3-2-4-14-25)15-24-21(26)18-5-7-19(8-6-18)29-16-17-9-11-23-12-10-17/h5-12,20H,2-4,13-16H2,1H3,(H,24,26)/t20-/m0/s1. The van der Waals surface area contributed by atoms with Crippen molar-refractivity contribution in [1.82, 2.24) is 15.2 Å². The highest BCUT2D eigenvalue weighted by molar-refractivity contribution is 5.94. The molecule has 0 saturated carbocycles. The number of aromatic nitrogens is 1. The fourth-order valence-corrected chi connectivity index (χ4v) is 3.37. The minimum absolute atomic E-state index is 0.225. The maximum Gasteiger partial charge on any atom is 0.324 e. The van der Waals surface area contributed by atoms with Gasteiger partial charge in [-0.2, -0.15) is 0 Å². The maximum absolute atomic E-state index is 12.5. The van der Waals surface area contributed by atoms with E-state index in [4.69, 9.17) is 9.47 Å². The van der Waals surface area contributed by atoms with E-state index in [0.29, 0.717) is 17.9 Å². The molecule has 2 heterocycles. The number of nitrogens with one attached hydrogen (secondary N) is 1. The van der Waals surface area contributed by atoms with Gasteiger partial charge in [0.2, 0.25) is 0 Å². The first kappa shape index (κ1) is 20.8. The Kier molecular flexibility index (Phi) is 7.58. The van der Waals surface area contributed by atoms with E-state index in [1.54, 1.807) is 36.7 Å². The second-order valence-electron chi connectivity index (χ2n) is 7.01. The van der Waals surface area contributed by atoms with Crippen LogP contribution in [0.4, 0.5) is 0 Å². The summed E-state index contributed by atoms with van der Waals surface area (Å²) in [6.45, 7) is 2.36. The summed E-state index contributed by atoms with van der Waals surface area (Å²) in [5.74, 6) is 0.141. The van der Waals surface area contributed by atoms with E-state index in [2.05, 4.69) is 15.2 Å². The molecule has 1 saturated heterocycles. The zero-order valence-corrected chi connectivity index (χ0v) is 16.7. The van der Waals surface area contributed by atoms with Gasteiger partial charge in [0.1, 0.15) is 18.4 Å². The lowest BCUT2D eigenvalue weighted by atomic mass is 10.1. The van der Waals surface area contributed by atoms with Crippen LogP contribution in [0.2, 0.25) is 0 Å². The number of hydrogen-bond acceptors (Lipinski definition) is 6. The normalized spacial score (nSPS) is 15.3. The van der Waals surface area contributed by atoms with E-state index in [1.165, 1.54) is 13.5 Å². The lowest BCUT2D eigenvalue weighted by Crippen LogP contribution is -2.50. The van der Waals surface area contributed by atoms with Crippen molar-refractivity contribution in [2.24, 2.45) is 0 Å². The molecule has 7 nitrogen and oxygen atoms in total. The van der Waals surface area contributed by atoms with Gasteiger partial charge in [0.05, 0.1) is 7.11 Å². The Bertz CT molecular complexity index is 789. The SMILES string of the molecule is COC(=O)[C@H](CNC(=O)c1ccc(OCc2ccncc2)cc1)N1CCCCC1. The van der Waals surface area contributed by atoms with Gasteiger partial charge in [-0.15, -0.1) is 0 Å². The molecule has 1 aliphatic rings. The van der Waals surface area contributed by atoms with Gasteiger partial charge >= 0.3 is 5.97 Å². The van der Waals surface area contributed by atoms with Crippen molar-refractivity contribution < 1.29 is 19.1 Å². The molecule has 0 radical (unpaired) electrons. The zero-order chi connectivity index (χ0) is 20.5. The van der Waals surface area contributed by atoms with Crippen molar-refractivity contribution in [3.63, 3.8) is 0 Å². The van der Waals surface area contributed by atoms with Gasteiger partial charge in [-0.3, -0.25) is 19.5 Å². The number of nitrogens with zero attached hydrogens (tertiary/aromatic N) is 2. The molecule has 1 aromatic heterocycles. The van der Waals surface area contributed by atoms with Gasteiger partial charge in [0, 0.05) is 24.5 Å². The van der Waals surface area contributed by atoms with E-state index in [9.17, 15) is 9.59 Å². The van der Waals surface area contributed by atoms with Crippen LogP contribution in [-0.4, -0.2) is 54.5 Å². The number of piperidine rings is 1. The average molecular weight is 397 g/mol. The Morgan fingerprint density at radius 3 is 2.41 bits per heavy atom. The molecule has 1 aliphatic heterocycles. The van der Waals surface area contributed by atoms with Crippen LogP contribution in [0.3, 0.4) is 0 Å². The number of benzene rings is 1. The molecule has 0 aliphatic carbocycles. The third kappa shape index (κ3) is 6.02. The lowest BCUT2D eigenvalue weighted by Gasteiger charge is -2.32. The van der Waals surface area contributed by atoms with Gasteiger partial charge in [0.15, 0.2) is 0 Å². The summed E-state index contributed by atoms with van der Waals surface area (Å²) in [4.78, 5) is 30.7. The molecule has 0 bridgehead atoms. The first-order chi connectivity index (χ1) is 14.2. The number of esters is 1. The molecule has 1 N–H and O–H groups in total. The number of hydrogen-bond donors (Lipinski definition) is 1. The van der Waals surface area contributed by atoms with Gasteiger partial charge < -0.3 is 14.8 Å². The highest BCUT2D eigenvalue weighted by Crippen LogP contribution is 2.15. The van der Waals surface area contributed by atoms with E-state index < -0.39 is 6.04 Å². The number of rotatable bonds is 8. The number of pyridine rings is 1. The number of methoxy groups -OCH3 is 1. The Labute approximate surface area is 171 Å². The summed E-state index contributed by atoms with van der Waals surface area (Å²) in [6.07, 6.45) is 6.73. The fourth-order valence-electron chi connectivity index (χ4n) is 3.37. The van der Waals surface area contributed by atoms with Crippen molar-refractivity contribution in [2.45, 2.75) is 31.9 Å². The molecule has 0 spiro atoms. The topological polar surface area (TPSA) is 80.8 Å². The minimum Gasteiger partial charge on any atom is -0.489 e. The zero-order valence-electron chi connectivity index (χ0n) is 16.7. The van der Waals surface area contributed by atoms with Crippen LogP contribution in [0.25, 0.3) is 0 Å². The van der Waals surface area contributed by atoms with Crippen molar-refractivity contribution >= 4 is 11.9 Å². The molecule has 0 unspecified atom stereocenters. The van der Waals surface area contributed by atoms with E-state index in [-0.39, 0.29) is 18.4 Å². The van der Waals surface area contributed by atoms with Gasteiger partial charge in [0.25, 0.3) is 5.91 Å². The smallest absolute Gasteiger partial charge is 0.324 e. The first-order valence-corrected chi connectivity index (χ1v) is 9.89. The summed E-state index contributed by atoms with van der Waals surface area (Å²) in [5.41, 5.74) is 1.54.